The van der Waals surface area contributed by atoms with Crippen molar-refractivity contribution in [3.05, 3.63) is 41.9 Å². The molecule has 3 aromatic heterocycles. The smallest absolute Gasteiger partial charge is 0.397 e. The highest BCUT2D eigenvalue weighted by Crippen LogP contribution is 2.39. The standard InChI is InChI=1S/C26H34F3N7O2S/c1-16-12-25(5,6)35(13-16)22-18(23(37)33-39-19-14-34(7)31-17(19)2)8-9-20(30-22)36-11-10-21(32-36)38-15-24(3,4)26(27,28)29/h8-11,14,16H,12-13,15H2,1-7H3,(H,33,37)/t16-/m1/s1. The van der Waals surface area contributed by atoms with Crippen LogP contribution in [0.1, 0.15) is 57.1 Å². The van der Waals surface area contributed by atoms with E-state index in [9.17, 15) is 18.0 Å². The molecule has 212 valence electrons. The molecule has 1 atom stereocenters. The first-order valence-corrected chi connectivity index (χ1v) is 13.4. The predicted octanol–water partition coefficient (Wildman–Crippen LogP) is 5.34. The Kier molecular flexibility index (Phi) is 7.67. The summed E-state index contributed by atoms with van der Waals surface area (Å²) in [6.07, 6.45) is -0.0734. The number of halogens is 3. The fraction of sp³-hybridized carbons (Fsp3) is 0.538. The van der Waals surface area contributed by atoms with Crippen LogP contribution in [0.4, 0.5) is 19.0 Å². The summed E-state index contributed by atoms with van der Waals surface area (Å²) >= 11 is 1.19. The van der Waals surface area contributed by atoms with E-state index in [4.69, 9.17) is 9.72 Å². The minimum atomic E-state index is -4.41. The molecule has 1 N–H and O–H groups in total. The van der Waals surface area contributed by atoms with Gasteiger partial charge < -0.3 is 9.64 Å². The number of nitrogens with zero attached hydrogens (tertiary/aromatic N) is 6. The molecule has 9 nitrogen and oxygen atoms in total. The Hall–Kier alpha value is -3.22. The number of nitrogens with one attached hydrogen (secondary N) is 1. The molecule has 1 amide bonds. The molecule has 0 radical (unpaired) electrons. The van der Waals surface area contributed by atoms with Crippen molar-refractivity contribution in [3.63, 3.8) is 0 Å². The van der Waals surface area contributed by atoms with Gasteiger partial charge in [0.1, 0.15) is 12.4 Å². The van der Waals surface area contributed by atoms with Crippen LogP contribution in [0.3, 0.4) is 0 Å². The van der Waals surface area contributed by atoms with Gasteiger partial charge in [-0.2, -0.15) is 18.3 Å². The molecule has 1 aliphatic heterocycles. The Morgan fingerprint density at radius 1 is 1.23 bits per heavy atom. The summed E-state index contributed by atoms with van der Waals surface area (Å²) in [7, 11) is 1.82. The number of ether oxygens (including phenoxy) is 1. The number of amides is 1. The molecule has 4 heterocycles. The van der Waals surface area contributed by atoms with Crippen molar-refractivity contribution in [1.82, 2.24) is 29.3 Å². The zero-order valence-corrected chi connectivity index (χ0v) is 23.9. The summed E-state index contributed by atoms with van der Waals surface area (Å²) in [6, 6.07) is 4.84. The molecule has 0 spiro atoms. The molecule has 1 fully saturated rings. The number of carbonyl (C=O) groups is 1. The van der Waals surface area contributed by atoms with Gasteiger partial charge in [0.25, 0.3) is 5.91 Å². The molecule has 13 heteroatoms. The van der Waals surface area contributed by atoms with Crippen molar-refractivity contribution in [2.75, 3.05) is 18.1 Å². The van der Waals surface area contributed by atoms with Gasteiger partial charge in [-0.15, -0.1) is 5.10 Å². The number of rotatable bonds is 8. The van der Waals surface area contributed by atoms with Gasteiger partial charge in [-0.3, -0.25) is 14.2 Å². The monoisotopic (exact) mass is 565 g/mol. The normalized spacial score (nSPS) is 17.5. The van der Waals surface area contributed by atoms with Gasteiger partial charge in [-0.1, -0.05) is 6.92 Å². The van der Waals surface area contributed by atoms with Gasteiger partial charge in [0.05, 0.1) is 21.6 Å². The van der Waals surface area contributed by atoms with Crippen LogP contribution in [0.15, 0.2) is 35.5 Å². The molecule has 0 unspecified atom stereocenters. The number of aromatic nitrogens is 5. The maximum Gasteiger partial charge on any atom is 0.397 e. The molecular weight excluding hydrogens is 531 g/mol. The third-order valence-electron chi connectivity index (χ3n) is 6.80. The summed E-state index contributed by atoms with van der Waals surface area (Å²) in [5.41, 5.74) is -1.05. The van der Waals surface area contributed by atoms with Gasteiger partial charge in [0.2, 0.25) is 5.88 Å². The second kappa shape index (κ2) is 10.4. The van der Waals surface area contributed by atoms with Gasteiger partial charge in [-0.25, -0.2) is 9.67 Å². The first-order chi connectivity index (χ1) is 18.1. The van der Waals surface area contributed by atoms with Crippen LogP contribution in [0.5, 0.6) is 5.88 Å². The van der Waals surface area contributed by atoms with Crippen molar-refractivity contribution in [2.24, 2.45) is 18.4 Å². The van der Waals surface area contributed by atoms with E-state index >= 15 is 0 Å². The first kappa shape index (κ1) is 28.8. The molecular formula is C26H34F3N7O2S. The van der Waals surface area contributed by atoms with E-state index in [0.717, 1.165) is 37.4 Å². The lowest BCUT2D eigenvalue weighted by Crippen LogP contribution is -2.40. The first-order valence-electron chi connectivity index (χ1n) is 12.6. The van der Waals surface area contributed by atoms with E-state index in [1.807, 2.05) is 20.2 Å². The van der Waals surface area contributed by atoms with Gasteiger partial charge in [0, 0.05) is 37.6 Å². The molecule has 0 aromatic carbocycles. The second-order valence-corrected chi connectivity index (χ2v) is 12.2. The fourth-order valence-electron chi connectivity index (χ4n) is 4.59. The quantitative estimate of drug-likeness (QED) is 0.369. The molecule has 3 aromatic rings. The van der Waals surface area contributed by atoms with Gasteiger partial charge in [-0.05, 0) is 71.0 Å². The highest BCUT2D eigenvalue weighted by atomic mass is 32.2. The molecule has 39 heavy (non-hydrogen) atoms. The predicted molar refractivity (Wildman–Crippen MR) is 143 cm³/mol. The lowest BCUT2D eigenvalue weighted by molar-refractivity contribution is -0.219. The summed E-state index contributed by atoms with van der Waals surface area (Å²) in [6.45, 7) is 10.6. The van der Waals surface area contributed by atoms with Crippen molar-refractivity contribution in [1.29, 1.82) is 0 Å². The lowest BCUT2D eigenvalue weighted by Gasteiger charge is -2.34. The summed E-state index contributed by atoms with van der Waals surface area (Å²) in [5.74, 6) is 1.08. The Balaban J connectivity index is 1.61. The molecule has 1 aliphatic rings. The Morgan fingerprint density at radius 3 is 2.54 bits per heavy atom. The van der Waals surface area contributed by atoms with Crippen LogP contribution in [0.25, 0.3) is 5.82 Å². The van der Waals surface area contributed by atoms with E-state index in [2.05, 4.69) is 40.6 Å². The maximum absolute atomic E-state index is 13.4. The van der Waals surface area contributed by atoms with E-state index in [-0.39, 0.29) is 17.3 Å². The van der Waals surface area contributed by atoms with E-state index in [0.29, 0.717) is 23.1 Å². The topological polar surface area (TPSA) is 90.1 Å². The van der Waals surface area contributed by atoms with E-state index in [1.165, 1.54) is 22.7 Å². The maximum atomic E-state index is 13.4. The summed E-state index contributed by atoms with van der Waals surface area (Å²) in [4.78, 5) is 21.1. The number of anilines is 1. The molecule has 1 saturated heterocycles. The van der Waals surface area contributed by atoms with E-state index < -0.39 is 18.2 Å². The third-order valence-corrected chi connectivity index (χ3v) is 7.71. The minimum Gasteiger partial charge on any atom is -0.476 e. The van der Waals surface area contributed by atoms with Gasteiger partial charge >= 0.3 is 6.18 Å². The number of hydrogen-bond donors (Lipinski definition) is 1. The third kappa shape index (κ3) is 6.18. The number of pyridine rings is 1. The fourth-order valence-corrected chi connectivity index (χ4v) is 5.30. The zero-order valence-electron chi connectivity index (χ0n) is 23.1. The SMILES string of the molecule is Cc1nn(C)cc1SNC(=O)c1ccc(-n2ccc(OCC(C)(C)C(F)(F)F)n2)nc1N1C[C@H](C)CC1(C)C. The second-order valence-electron chi connectivity index (χ2n) is 11.3. The average molecular weight is 566 g/mol. The zero-order chi connectivity index (χ0) is 28.8. The Bertz CT molecular complexity index is 1350. The largest absolute Gasteiger partial charge is 0.476 e. The van der Waals surface area contributed by atoms with Crippen LogP contribution < -0.4 is 14.4 Å². The lowest BCUT2D eigenvalue weighted by atomic mass is 9.94. The van der Waals surface area contributed by atoms with Crippen LogP contribution >= 0.6 is 11.9 Å². The number of aryl methyl sites for hydroxylation is 2. The van der Waals surface area contributed by atoms with Crippen molar-refractivity contribution in [3.8, 4) is 11.7 Å². The minimum absolute atomic E-state index is 0.0517. The number of alkyl halides is 3. The Labute approximate surface area is 230 Å². The molecule has 0 bridgehead atoms. The van der Waals surface area contributed by atoms with Crippen LogP contribution in [0.2, 0.25) is 0 Å². The van der Waals surface area contributed by atoms with Crippen molar-refractivity contribution >= 4 is 23.7 Å². The summed E-state index contributed by atoms with van der Waals surface area (Å²) in [5, 5.41) is 8.58. The highest BCUT2D eigenvalue weighted by molar-refractivity contribution is 7.98. The number of hydrogen-bond acceptors (Lipinski definition) is 7. The van der Waals surface area contributed by atoms with Crippen LogP contribution in [-0.4, -0.2) is 55.3 Å². The highest BCUT2D eigenvalue weighted by Gasteiger charge is 2.48. The van der Waals surface area contributed by atoms with Crippen LogP contribution in [0, 0.1) is 18.3 Å². The summed E-state index contributed by atoms with van der Waals surface area (Å²) < 4.78 is 51.0. The van der Waals surface area contributed by atoms with Crippen molar-refractivity contribution < 1.29 is 22.7 Å². The molecule has 4 rings (SSSR count). The molecule has 0 aliphatic carbocycles. The van der Waals surface area contributed by atoms with Crippen LogP contribution in [-0.2, 0) is 7.05 Å². The Morgan fingerprint density at radius 2 is 1.95 bits per heavy atom. The van der Waals surface area contributed by atoms with E-state index in [1.54, 1.807) is 23.0 Å². The number of carbonyl (C=O) groups excluding carboxylic acids is 1. The molecule has 0 saturated carbocycles. The van der Waals surface area contributed by atoms with Gasteiger partial charge in [0.15, 0.2) is 5.82 Å². The van der Waals surface area contributed by atoms with Crippen molar-refractivity contribution in [2.45, 2.75) is 64.6 Å². The average Bonchev–Trinajstić information content (AvgIpc) is 3.51.